The number of halogens is 1. The molecule has 2 aromatic carbocycles. The monoisotopic (exact) mass is 404 g/mol. The lowest BCUT2D eigenvalue weighted by atomic mass is 9.86. The fraction of sp³-hybridized carbons (Fsp3) is 0.364. The Kier molecular flexibility index (Phi) is 8.51. The summed E-state index contributed by atoms with van der Waals surface area (Å²) < 4.78 is 4.79. The minimum absolute atomic E-state index is 0. The smallest absolute Gasteiger partial charge is 0.307 e. The summed E-state index contributed by atoms with van der Waals surface area (Å²) in [6, 6.07) is 14.7. The van der Waals surface area contributed by atoms with Gasteiger partial charge in [-0.05, 0) is 34.2 Å². The molecule has 0 aromatic heterocycles. The molecule has 1 unspecified atom stereocenters. The summed E-state index contributed by atoms with van der Waals surface area (Å²) in [6.45, 7) is 6.42. The van der Waals surface area contributed by atoms with Gasteiger partial charge in [0.2, 0.25) is 5.91 Å². The van der Waals surface area contributed by atoms with Crippen molar-refractivity contribution in [3.05, 3.63) is 65.2 Å². The summed E-state index contributed by atoms with van der Waals surface area (Å²) in [5.74, 6) is -0.527. The zero-order chi connectivity index (χ0) is 20.0. The van der Waals surface area contributed by atoms with E-state index in [9.17, 15) is 9.59 Å². The van der Waals surface area contributed by atoms with Gasteiger partial charge in [-0.1, -0.05) is 57.2 Å². The molecule has 1 atom stereocenters. The lowest BCUT2D eigenvalue weighted by molar-refractivity contribution is -0.141. The summed E-state index contributed by atoms with van der Waals surface area (Å²) in [5, 5.41) is 2.95. The summed E-state index contributed by atoms with van der Waals surface area (Å²) in [5.41, 5.74) is 9.29. The van der Waals surface area contributed by atoms with Crippen molar-refractivity contribution in [3.8, 4) is 0 Å². The highest BCUT2D eigenvalue weighted by Gasteiger charge is 2.20. The van der Waals surface area contributed by atoms with Crippen LogP contribution in [-0.2, 0) is 26.2 Å². The number of ether oxygens (including phenoxy) is 1. The summed E-state index contributed by atoms with van der Waals surface area (Å²) >= 11 is 0. The van der Waals surface area contributed by atoms with Crippen LogP contribution < -0.4 is 11.1 Å². The first-order chi connectivity index (χ1) is 12.7. The first-order valence-electron chi connectivity index (χ1n) is 9.00. The van der Waals surface area contributed by atoms with Gasteiger partial charge < -0.3 is 15.8 Å². The summed E-state index contributed by atoms with van der Waals surface area (Å²) in [6.07, 6.45) is 0.302. The molecule has 3 N–H and O–H groups in total. The molecule has 0 saturated heterocycles. The van der Waals surface area contributed by atoms with Crippen LogP contribution in [0.3, 0.4) is 0 Å². The second kappa shape index (κ2) is 10.1. The van der Waals surface area contributed by atoms with Crippen molar-refractivity contribution in [2.45, 2.75) is 45.1 Å². The summed E-state index contributed by atoms with van der Waals surface area (Å²) in [4.78, 5) is 24.3. The van der Waals surface area contributed by atoms with E-state index in [-0.39, 0.29) is 42.5 Å². The van der Waals surface area contributed by atoms with Crippen molar-refractivity contribution in [1.29, 1.82) is 0 Å². The largest absolute Gasteiger partial charge is 0.469 e. The highest BCUT2D eigenvalue weighted by Crippen LogP contribution is 2.25. The Balaban J connectivity index is 0.00000392. The van der Waals surface area contributed by atoms with Crippen LogP contribution in [0.1, 0.15) is 49.9 Å². The fourth-order valence-electron chi connectivity index (χ4n) is 2.78. The molecule has 0 aliphatic rings. The van der Waals surface area contributed by atoms with Gasteiger partial charge in [-0.15, -0.1) is 12.4 Å². The van der Waals surface area contributed by atoms with Crippen molar-refractivity contribution in [3.63, 3.8) is 0 Å². The van der Waals surface area contributed by atoms with Crippen molar-refractivity contribution < 1.29 is 14.3 Å². The Morgan fingerprint density at radius 2 is 1.61 bits per heavy atom. The molecule has 5 nitrogen and oxygen atoms in total. The van der Waals surface area contributed by atoms with E-state index in [1.807, 2.05) is 36.4 Å². The molecule has 0 fully saturated rings. The quantitative estimate of drug-likeness (QED) is 0.564. The predicted octanol–water partition coefficient (Wildman–Crippen LogP) is 3.95. The number of nitrogen functional groups attached to an aromatic ring is 1. The van der Waals surface area contributed by atoms with Gasteiger partial charge in [0.1, 0.15) is 0 Å². The number of hydrogen-bond donors (Lipinski definition) is 2. The van der Waals surface area contributed by atoms with Gasteiger partial charge in [-0.25, -0.2) is 0 Å². The number of hydrogen-bond acceptors (Lipinski definition) is 4. The molecule has 152 valence electrons. The molecule has 0 spiro atoms. The van der Waals surface area contributed by atoms with E-state index < -0.39 is 6.04 Å². The third kappa shape index (κ3) is 6.89. The molecule has 0 aliphatic carbocycles. The van der Waals surface area contributed by atoms with Gasteiger partial charge in [-0.3, -0.25) is 9.59 Å². The zero-order valence-corrected chi connectivity index (χ0v) is 17.6. The van der Waals surface area contributed by atoms with Crippen molar-refractivity contribution >= 4 is 30.0 Å². The maximum Gasteiger partial charge on any atom is 0.307 e. The van der Waals surface area contributed by atoms with E-state index in [1.165, 1.54) is 12.7 Å². The van der Waals surface area contributed by atoms with Crippen LogP contribution in [0.25, 0.3) is 0 Å². The first-order valence-corrected chi connectivity index (χ1v) is 9.00. The topological polar surface area (TPSA) is 81.4 Å². The Hall–Kier alpha value is -2.53. The van der Waals surface area contributed by atoms with Crippen molar-refractivity contribution in [2.75, 3.05) is 12.8 Å². The maximum absolute atomic E-state index is 12.5. The van der Waals surface area contributed by atoms with Crippen LogP contribution in [0.4, 0.5) is 5.69 Å². The molecular formula is C22H29ClN2O3. The van der Waals surface area contributed by atoms with Gasteiger partial charge in [0.15, 0.2) is 0 Å². The van der Waals surface area contributed by atoms with E-state index in [0.717, 1.165) is 11.1 Å². The van der Waals surface area contributed by atoms with E-state index in [4.69, 9.17) is 10.5 Å². The van der Waals surface area contributed by atoms with Crippen LogP contribution in [0, 0.1) is 0 Å². The number of methoxy groups -OCH3 is 1. The van der Waals surface area contributed by atoms with Gasteiger partial charge in [0.25, 0.3) is 0 Å². The van der Waals surface area contributed by atoms with Gasteiger partial charge in [0.05, 0.1) is 26.0 Å². The van der Waals surface area contributed by atoms with Crippen LogP contribution in [0.2, 0.25) is 0 Å². The third-order valence-corrected chi connectivity index (χ3v) is 4.46. The van der Waals surface area contributed by atoms with E-state index in [2.05, 4.69) is 26.1 Å². The molecule has 0 heterocycles. The first kappa shape index (κ1) is 23.5. The average Bonchev–Trinajstić information content (AvgIpc) is 2.62. The number of rotatable bonds is 6. The lowest BCUT2D eigenvalue weighted by Gasteiger charge is -2.22. The number of nitrogens with one attached hydrogen (secondary N) is 1. The number of esters is 1. The molecule has 2 aromatic rings. The molecule has 0 saturated carbocycles. The maximum atomic E-state index is 12.5. The van der Waals surface area contributed by atoms with Crippen LogP contribution in [0.5, 0.6) is 0 Å². The van der Waals surface area contributed by atoms with Crippen LogP contribution in [0.15, 0.2) is 48.5 Å². The van der Waals surface area contributed by atoms with E-state index in [1.54, 1.807) is 12.1 Å². The number of nitrogens with two attached hydrogens (primary N) is 1. The predicted molar refractivity (Wildman–Crippen MR) is 114 cm³/mol. The highest BCUT2D eigenvalue weighted by atomic mass is 35.5. The Bertz CT molecular complexity index is 781. The molecular weight excluding hydrogens is 376 g/mol. The lowest BCUT2D eigenvalue weighted by Crippen LogP contribution is -2.31. The van der Waals surface area contributed by atoms with Gasteiger partial charge in [0, 0.05) is 5.69 Å². The minimum Gasteiger partial charge on any atom is -0.469 e. The number of benzene rings is 2. The molecule has 0 bridgehead atoms. The fourth-order valence-corrected chi connectivity index (χ4v) is 2.78. The molecule has 28 heavy (non-hydrogen) atoms. The number of anilines is 1. The van der Waals surface area contributed by atoms with E-state index >= 15 is 0 Å². The standard InChI is InChI=1S/C22H28N2O3.ClH/c1-22(2,3)17-9-7-16(8-10-17)19(14-21(26)27-4)24-20(25)13-15-5-11-18(23)12-6-15;/h5-12,19H,13-14,23H2,1-4H3,(H,24,25);1H. The second-order valence-corrected chi connectivity index (χ2v) is 7.69. The number of amides is 1. The molecule has 0 aliphatic heterocycles. The Labute approximate surface area is 173 Å². The molecule has 1 amide bonds. The van der Waals surface area contributed by atoms with Gasteiger partial charge >= 0.3 is 5.97 Å². The number of carbonyl (C=O) groups is 2. The zero-order valence-electron chi connectivity index (χ0n) is 16.8. The van der Waals surface area contributed by atoms with Crippen LogP contribution >= 0.6 is 12.4 Å². The summed E-state index contributed by atoms with van der Waals surface area (Å²) in [7, 11) is 1.35. The normalized spacial score (nSPS) is 11.9. The van der Waals surface area contributed by atoms with Gasteiger partial charge in [-0.2, -0.15) is 0 Å². The van der Waals surface area contributed by atoms with Crippen molar-refractivity contribution in [2.24, 2.45) is 0 Å². The molecule has 0 radical (unpaired) electrons. The third-order valence-electron chi connectivity index (χ3n) is 4.46. The van der Waals surface area contributed by atoms with Crippen LogP contribution in [-0.4, -0.2) is 19.0 Å². The Morgan fingerprint density at radius 1 is 1.04 bits per heavy atom. The van der Waals surface area contributed by atoms with Crippen molar-refractivity contribution in [1.82, 2.24) is 5.32 Å². The number of carbonyl (C=O) groups excluding carboxylic acids is 2. The SMILES string of the molecule is COC(=O)CC(NC(=O)Cc1ccc(N)cc1)c1ccc(C(C)(C)C)cc1.Cl. The highest BCUT2D eigenvalue weighted by molar-refractivity contribution is 5.85. The van der Waals surface area contributed by atoms with E-state index in [0.29, 0.717) is 5.69 Å². The molecule has 2 rings (SSSR count). The Morgan fingerprint density at radius 3 is 2.11 bits per heavy atom. The molecule has 6 heteroatoms. The second-order valence-electron chi connectivity index (χ2n) is 7.69. The minimum atomic E-state index is -0.437. The average molecular weight is 405 g/mol.